The first-order chi connectivity index (χ1) is 6.22. The molecule has 1 aliphatic carbocycles. The van der Waals surface area contributed by atoms with Crippen LogP contribution in [0.4, 0.5) is 4.39 Å². The van der Waals surface area contributed by atoms with E-state index in [1.807, 2.05) is 0 Å². The van der Waals surface area contributed by atoms with Gasteiger partial charge < -0.3 is 4.74 Å². The highest BCUT2D eigenvalue weighted by molar-refractivity contribution is 6.00. The molecule has 0 N–H and O–H groups in total. The first-order valence-electron chi connectivity index (χ1n) is 4.12. The molecule has 0 atom stereocenters. The molecule has 68 valence electrons. The summed E-state index contributed by atoms with van der Waals surface area (Å²) in [7, 11) is 1.42. The molecule has 2 nitrogen and oxygen atoms in total. The number of halogens is 1. The average Bonchev–Trinajstić information content (AvgIpc) is 2.47. The molecule has 0 saturated carbocycles. The predicted molar refractivity (Wildman–Crippen MR) is 45.6 cm³/mol. The van der Waals surface area contributed by atoms with Gasteiger partial charge in [0.05, 0.1) is 7.11 Å². The Balaban J connectivity index is 2.56. The van der Waals surface area contributed by atoms with Gasteiger partial charge in [-0.15, -0.1) is 0 Å². The minimum Gasteiger partial charge on any atom is -0.494 e. The number of rotatable bonds is 1. The zero-order chi connectivity index (χ0) is 9.42. The lowest BCUT2D eigenvalue weighted by atomic mass is 10.1. The SMILES string of the molecule is COc1cc2c(cc1F)C(=O)CC2. The largest absolute Gasteiger partial charge is 0.494 e. The Morgan fingerprint density at radius 1 is 1.38 bits per heavy atom. The van der Waals surface area contributed by atoms with Gasteiger partial charge in [0.1, 0.15) is 0 Å². The molecule has 2 rings (SSSR count). The van der Waals surface area contributed by atoms with Crippen molar-refractivity contribution < 1.29 is 13.9 Å². The van der Waals surface area contributed by atoms with Crippen LogP contribution in [-0.4, -0.2) is 12.9 Å². The topological polar surface area (TPSA) is 26.3 Å². The average molecular weight is 180 g/mol. The number of benzene rings is 1. The molecule has 0 heterocycles. The molecule has 0 saturated heterocycles. The first kappa shape index (κ1) is 8.23. The molecule has 3 heteroatoms. The van der Waals surface area contributed by atoms with Crippen molar-refractivity contribution in [1.29, 1.82) is 0 Å². The van der Waals surface area contributed by atoms with E-state index in [9.17, 15) is 9.18 Å². The van der Waals surface area contributed by atoms with Crippen LogP contribution < -0.4 is 4.74 Å². The fourth-order valence-electron chi connectivity index (χ4n) is 1.60. The number of Topliss-reactive ketones (excluding diaryl/α,β-unsaturated/α-hetero) is 1. The maximum atomic E-state index is 13.1. The Morgan fingerprint density at radius 2 is 2.15 bits per heavy atom. The van der Waals surface area contributed by atoms with E-state index in [0.717, 1.165) is 5.56 Å². The number of ether oxygens (including phenoxy) is 1. The number of fused-ring (bicyclic) bond motifs is 1. The van der Waals surface area contributed by atoms with Crippen LogP contribution >= 0.6 is 0 Å². The molecule has 0 amide bonds. The van der Waals surface area contributed by atoms with Gasteiger partial charge in [-0.2, -0.15) is 0 Å². The van der Waals surface area contributed by atoms with Crippen molar-refractivity contribution in [2.45, 2.75) is 12.8 Å². The number of aryl methyl sites for hydroxylation is 1. The lowest BCUT2D eigenvalue weighted by molar-refractivity contribution is 0.0994. The second-order valence-corrected chi connectivity index (χ2v) is 3.07. The van der Waals surface area contributed by atoms with E-state index in [2.05, 4.69) is 0 Å². The second-order valence-electron chi connectivity index (χ2n) is 3.07. The highest BCUT2D eigenvalue weighted by Gasteiger charge is 2.21. The number of methoxy groups -OCH3 is 1. The van der Waals surface area contributed by atoms with E-state index >= 15 is 0 Å². The third-order valence-corrected chi connectivity index (χ3v) is 2.30. The van der Waals surface area contributed by atoms with E-state index in [4.69, 9.17) is 4.74 Å². The van der Waals surface area contributed by atoms with Crippen molar-refractivity contribution in [3.63, 3.8) is 0 Å². The van der Waals surface area contributed by atoms with Gasteiger partial charge in [-0.3, -0.25) is 4.79 Å². The summed E-state index contributed by atoms with van der Waals surface area (Å²) in [5, 5.41) is 0. The van der Waals surface area contributed by atoms with Crippen molar-refractivity contribution in [3.05, 3.63) is 29.1 Å². The lowest BCUT2D eigenvalue weighted by Crippen LogP contribution is -1.95. The summed E-state index contributed by atoms with van der Waals surface area (Å²) in [6.07, 6.45) is 1.19. The standard InChI is InChI=1S/C10H9FO2/c1-13-10-4-6-2-3-9(12)7(6)5-8(10)11/h4-5H,2-3H2,1H3. The number of ketones is 1. The third-order valence-electron chi connectivity index (χ3n) is 2.30. The van der Waals surface area contributed by atoms with Gasteiger partial charge >= 0.3 is 0 Å². The van der Waals surface area contributed by atoms with Gasteiger partial charge in [-0.25, -0.2) is 4.39 Å². The Kier molecular flexibility index (Phi) is 1.79. The van der Waals surface area contributed by atoms with Crippen molar-refractivity contribution >= 4 is 5.78 Å². The maximum Gasteiger partial charge on any atom is 0.165 e. The van der Waals surface area contributed by atoms with Crippen LogP contribution in [0.1, 0.15) is 22.3 Å². The zero-order valence-corrected chi connectivity index (χ0v) is 7.26. The minimum absolute atomic E-state index is 0.0246. The summed E-state index contributed by atoms with van der Waals surface area (Å²) in [6, 6.07) is 2.87. The molecule has 1 aliphatic rings. The van der Waals surface area contributed by atoms with Crippen molar-refractivity contribution in [1.82, 2.24) is 0 Å². The van der Waals surface area contributed by atoms with Crippen molar-refractivity contribution in [2.75, 3.05) is 7.11 Å². The Bertz CT molecular complexity index is 371. The predicted octanol–water partition coefficient (Wildman–Crippen LogP) is 1.96. The van der Waals surface area contributed by atoms with Crippen LogP contribution in [0.5, 0.6) is 5.75 Å². The van der Waals surface area contributed by atoms with Crippen LogP contribution in [0.25, 0.3) is 0 Å². The Labute approximate surface area is 75.3 Å². The molecule has 0 bridgehead atoms. The molecule has 1 aromatic carbocycles. The van der Waals surface area contributed by atoms with Gasteiger partial charge in [-0.1, -0.05) is 0 Å². The Hall–Kier alpha value is -1.38. The van der Waals surface area contributed by atoms with Crippen LogP contribution in [0.3, 0.4) is 0 Å². The highest BCUT2D eigenvalue weighted by Crippen LogP contribution is 2.28. The summed E-state index contributed by atoms with van der Waals surface area (Å²) in [4.78, 5) is 11.2. The fourth-order valence-corrected chi connectivity index (χ4v) is 1.60. The molecular weight excluding hydrogens is 171 g/mol. The number of carbonyl (C=O) groups is 1. The van der Waals surface area contributed by atoms with Gasteiger partial charge in [0.25, 0.3) is 0 Å². The quantitative estimate of drug-likeness (QED) is 0.660. The van der Waals surface area contributed by atoms with E-state index < -0.39 is 5.82 Å². The lowest BCUT2D eigenvalue weighted by Gasteiger charge is -2.03. The van der Waals surface area contributed by atoms with Gasteiger partial charge in [0.15, 0.2) is 17.3 Å². The molecule has 0 unspecified atom stereocenters. The van der Waals surface area contributed by atoms with Crippen LogP contribution in [0.2, 0.25) is 0 Å². The summed E-state index contributed by atoms with van der Waals surface area (Å²) in [5.41, 5.74) is 1.40. The van der Waals surface area contributed by atoms with Crippen molar-refractivity contribution in [2.24, 2.45) is 0 Å². The fraction of sp³-hybridized carbons (Fsp3) is 0.300. The molecule has 13 heavy (non-hydrogen) atoms. The highest BCUT2D eigenvalue weighted by atomic mass is 19.1. The van der Waals surface area contributed by atoms with E-state index in [0.29, 0.717) is 18.4 Å². The van der Waals surface area contributed by atoms with E-state index in [1.165, 1.54) is 13.2 Å². The van der Waals surface area contributed by atoms with Crippen LogP contribution in [0.15, 0.2) is 12.1 Å². The number of carbonyl (C=O) groups excluding carboxylic acids is 1. The first-order valence-corrected chi connectivity index (χ1v) is 4.12. The summed E-state index contributed by atoms with van der Waals surface area (Å²) in [6.45, 7) is 0. The van der Waals surface area contributed by atoms with E-state index in [-0.39, 0.29) is 11.5 Å². The number of hydrogen-bond acceptors (Lipinski definition) is 2. The smallest absolute Gasteiger partial charge is 0.165 e. The van der Waals surface area contributed by atoms with Crippen molar-refractivity contribution in [3.8, 4) is 5.75 Å². The summed E-state index contributed by atoms with van der Waals surface area (Å²) < 4.78 is 18.0. The molecule has 0 fully saturated rings. The van der Waals surface area contributed by atoms with Crippen LogP contribution in [0, 0.1) is 5.82 Å². The normalized spacial score (nSPS) is 14.5. The molecule has 1 aromatic rings. The second kappa shape index (κ2) is 2.83. The molecule has 0 aliphatic heterocycles. The van der Waals surface area contributed by atoms with Gasteiger partial charge in [0, 0.05) is 12.0 Å². The summed E-state index contributed by atoms with van der Waals surface area (Å²) >= 11 is 0. The molecule has 0 spiro atoms. The van der Waals surface area contributed by atoms with Gasteiger partial charge in [0.2, 0.25) is 0 Å². The minimum atomic E-state index is -0.462. The Morgan fingerprint density at radius 3 is 2.85 bits per heavy atom. The van der Waals surface area contributed by atoms with Gasteiger partial charge in [-0.05, 0) is 24.1 Å². The molecule has 0 aromatic heterocycles. The maximum absolute atomic E-state index is 13.1. The van der Waals surface area contributed by atoms with E-state index in [1.54, 1.807) is 6.07 Å². The molecular formula is C10H9FO2. The monoisotopic (exact) mass is 180 g/mol. The van der Waals surface area contributed by atoms with Crippen LogP contribution in [-0.2, 0) is 6.42 Å². The summed E-state index contributed by atoms with van der Waals surface area (Å²) in [5.74, 6) is -0.221. The zero-order valence-electron chi connectivity index (χ0n) is 7.26. The third kappa shape index (κ3) is 1.20. The molecule has 0 radical (unpaired) electrons. The number of hydrogen-bond donors (Lipinski definition) is 0.